The molecule has 0 unspecified atom stereocenters. The molecule has 0 radical (unpaired) electrons. The Kier molecular flexibility index (Phi) is 6.17. The summed E-state index contributed by atoms with van der Waals surface area (Å²) in [6.45, 7) is 1.53. The van der Waals surface area contributed by atoms with Gasteiger partial charge in [0.1, 0.15) is 18.2 Å². The van der Waals surface area contributed by atoms with E-state index >= 15 is 0 Å². The highest BCUT2D eigenvalue weighted by atomic mass is 32.1. The number of hydrogen-bond acceptors (Lipinski definition) is 5. The third-order valence-electron chi connectivity index (χ3n) is 5.21. The van der Waals surface area contributed by atoms with Gasteiger partial charge in [0.05, 0.1) is 5.69 Å². The Hall–Kier alpha value is -3.90. The van der Waals surface area contributed by atoms with Crippen LogP contribution in [0.25, 0.3) is 27.9 Å². The Balaban J connectivity index is 1.21. The summed E-state index contributed by atoms with van der Waals surface area (Å²) in [4.78, 5) is 17.1. The number of aromatic nitrogens is 1. The molecule has 0 saturated carbocycles. The van der Waals surface area contributed by atoms with E-state index < -0.39 is 0 Å². The lowest BCUT2D eigenvalue weighted by Gasteiger charge is -2.18. The normalized spacial score (nSPS) is 12.6. The van der Waals surface area contributed by atoms with Gasteiger partial charge < -0.3 is 14.8 Å². The van der Waals surface area contributed by atoms with Crippen molar-refractivity contribution in [3.63, 3.8) is 0 Å². The number of benzene rings is 3. The van der Waals surface area contributed by atoms with Crippen molar-refractivity contribution in [2.75, 3.05) is 13.2 Å². The fraction of sp³-hybridized carbons (Fsp3) is 0.111. The van der Waals surface area contributed by atoms with Gasteiger partial charge in [0, 0.05) is 29.1 Å². The first-order chi connectivity index (χ1) is 16.2. The van der Waals surface area contributed by atoms with Crippen molar-refractivity contribution in [3.05, 3.63) is 95.4 Å². The Morgan fingerprint density at radius 1 is 0.939 bits per heavy atom. The molecule has 1 amide bonds. The zero-order valence-corrected chi connectivity index (χ0v) is 18.7. The number of carbonyl (C=O) groups excluding carboxylic acids is 1. The fourth-order valence-corrected chi connectivity index (χ4v) is 4.37. The van der Waals surface area contributed by atoms with Crippen LogP contribution in [0.3, 0.4) is 0 Å². The average Bonchev–Trinajstić information content (AvgIpc) is 3.37. The van der Waals surface area contributed by atoms with Crippen LogP contribution in [0.2, 0.25) is 0 Å². The van der Waals surface area contributed by atoms with Crippen molar-refractivity contribution in [3.8, 4) is 33.3 Å². The van der Waals surface area contributed by atoms with Crippen molar-refractivity contribution in [2.24, 2.45) is 0 Å². The van der Waals surface area contributed by atoms with Gasteiger partial charge in [0.15, 0.2) is 11.5 Å². The first-order valence-electron chi connectivity index (χ1n) is 10.7. The zero-order chi connectivity index (χ0) is 22.5. The van der Waals surface area contributed by atoms with Gasteiger partial charge in [-0.05, 0) is 35.4 Å². The molecule has 5 rings (SSSR count). The third kappa shape index (κ3) is 5.13. The molecule has 1 aliphatic rings. The summed E-state index contributed by atoms with van der Waals surface area (Å²) in [6.07, 6.45) is 3.30. The van der Waals surface area contributed by atoms with Crippen LogP contribution in [0.5, 0.6) is 11.5 Å². The van der Waals surface area contributed by atoms with Gasteiger partial charge in [-0.2, -0.15) is 0 Å². The Morgan fingerprint density at radius 3 is 2.64 bits per heavy atom. The standard InChI is InChI=1S/C27H22N2O3S/c30-26(12-10-19-9-11-24-25(16-19)32-14-13-31-24)28-17-20-5-4-8-22(15-20)27-29-23(18-33-27)21-6-2-1-3-7-21/h1-12,15-16,18H,13-14,17H2,(H,28,30)/b12-10-. The van der Waals surface area contributed by atoms with E-state index in [9.17, 15) is 4.79 Å². The van der Waals surface area contributed by atoms with Crippen LogP contribution in [-0.2, 0) is 11.3 Å². The van der Waals surface area contributed by atoms with E-state index in [1.165, 1.54) is 6.08 Å². The third-order valence-corrected chi connectivity index (χ3v) is 6.10. The lowest BCUT2D eigenvalue weighted by molar-refractivity contribution is -0.116. The molecule has 4 aromatic rings. The number of nitrogens with zero attached hydrogens (tertiary/aromatic N) is 1. The molecule has 0 fully saturated rings. The molecule has 1 aliphatic heterocycles. The molecule has 1 aromatic heterocycles. The van der Waals surface area contributed by atoms with E-state index in [-0.39, 0.29) is 5.91 Å². The molecule has 0 atom stereocenters. The van der Waals surface area contributed by atoms with E-state index in [2.05, 4.69) is 28.9 Å². The second kappa shape index (κ2) is 9.71. The molecule has 0 spiro atoms. The molecule has 164 valence electrons. The molecular weight excluding hydrogens is 432 g/mol. The number of carbonyl (C=O) groups is 1. The van der Waals surface area contributed by atoms with Crippen LogP contribution in [0.4, 0.5) is 0 Å². The molecule has 33 heavy (non-hydrogen) atoms. The zero-order valence-electron chi connectivity index (χ0n) is 17.9. The first-order valence-corrected chi connectivity index (χ1v) is 11.6. The minimum absolute atomic E-state index is 0.157. The van der Waals surface area contributed by atoms with E-state index in [1.807, 2.05) is 54.6 Å². The van der Waals surface area contributed by atoms with Gasteiger partial charge in [-0.1, -0.05) is 54.6 Å². The summed E-state index contributed by atoms with van der Waals surface area (Å²) >= 11 is 1.62. The molecule has 0 aliphatic carbocycles. The number of rotatable bonds is 6. The number of nitrogens with one attached hydrogen (secondary N) is 1. The topological polar surface area (TPSA) is 60.5 Å². The highest BCUT2D eigenvalue weighted by Crippen LogP contribution is 2.31. The monoisotopic (exact) mass is 454 g/mol. The molecule has 1 N–H and O–H groups in total. The summed E-state index contributed by atoms with van der Waals surface area (Å²) in [5, 5.41) is 5.97. The van der Waals surface area contributed by atoms with Gasteiger partial charge in [-0.3, -0.25) is 4.79 Å². The van der Waals surface area contributed by atoms with E-state index in [4.69, 9.17) is 14.5 Å². The van der Waals surface area contributed by atoms with Gasteiger partial charge in [-0.25, -0.2) is 4.98 Å². The van der Waals surface area contributed by atoms with Crippen molar-refractivity contribution in [1.29, 1.82) is 0 Å². The molecular formula is C27H22N2O3S. The highest BCUT2D eigenvalue weighted by molar-refractivity contribution is 7.13. The van der Waals surface area contributed by atoms with Crippen molar-refractivity contribution in [1.82, 2.24) is 10.3 Å². The van der Waals surface area contributed by atoms with Crippen LogP contribution in [0.15, 0.2) is 84.3 Å². The molecule has 6 heteroatoms. The first kappa shape index (κ1) is 21.0. The molecule has 2 heterocycles. The smallest absolute Gasteiger partial charge is 0.244 e. The fourth-order valence-electron chi connectivity index (χ4n) is 3.55. The summed E-state index contributed by atoms with van der Waals surface area (Å²) < 4.78 is 11.1. The summed E-state index contributed by atoms with van der Waals surface area (Å²) in [7, 11) is 0. The molecule has 5 nitrogen and oxygen atoms in total. The van der Waals surface area contributed by atoms with E-state index in [0.29, 0.717) is 25.5 Å². The molecule has 3 aromatic carbocycles. The largest absolute Gasteiger partial charge is 0.486 e. The van der Waals surface area contributed by atoms with Crippen LogP contribution >= 0.6 is 11.3 Å². The second-order valence-electron chi connectivity index (χ2n) is 7.56. The lowest BCUT2D eigenvalue weighted by Crippen LogP contribution is -2.20. The van der Waals surface area contributed by atoms with Crippen molar-refractivity contribution < 1.29 is 14.3 Å². The SMILES string of the molecule is O=C(/C=C\c1ccc2c(c1)OCCO2)NCc1cccc(-c2nc(-c3ccccc3)cs2)c1. The molecule has 0 saturated heterocycles. The summed E-state index contributed by atoms with van der Waals surface area (Å²) in [5.74, 6) is 1.29. The summed E-state index contributed by atoms with van der Waals surface area (Å²) in [5.41, 5.74) is 5.02. The summed E-state index contributed by atoms with van der Waals surface area (Å²) in [6, 6.07) is 23.9. The quantitative estimate of drug-likeness (QED) is 0.387. The number of ether oxygens (including phenoxy) is 2. The van der Waals surface area contributed by atoms with E-state index in [1.54, 1.807) is 17.4 Å². The highest BCUT2D eigenvalue weighted by Gasteiger charge is 2.11. The van der Waals surface area contributed by atoms with E-state index in [0.717, 1.165) is 38.7 Å². The van der Waals surface area contributed by atoms with Gasteiger partial charge in [-0.15, -0.1) is 11.3 Å². The number of hydrogen-bond donors (Lipinski definition) is 1. The predicted molar refractivity (Wildman–Crippen MR) is 131 cm³/mol. The minimum Gasteiger partial charge on any atom is -0.486 e. The van der Waals surface area contributed by atoms with Crippen molar-refractivity contribution >= 4 is 23.3 Å². The van der Waals surface area contributed by atoms with Gasteiger partial charge in [0.2, 0.25) is 5.91 Å². The maximum atomic E-state index is 12.3. The maximum Gasteiger partial charge on any atom is 0.244 e. The number of fused-ring (bicyclic) bond motifs is 1. The van der Waals surface area contributed by atoms with Crippen molar-refractivity contribution in [2.45, 2.75) is 6.54 Å². The second-order valence-corrected chi connectivity index (χ2v) is 8.42. The molecule has 0 bridgehead atoms. The Morgan fingerprint density at radius 2 is 1.76 bits per heavy atom. The number of amides is 1. The van der Waals surface area contributed by atoms with Crippen LogP contribution < -0.4 is 14.8 Å². The lowest BCUT2D eigenvalue weighted by atomic mass is 10.1. The van der Waals surface area contributed by atoms with Crippen LogP contribution in [0, 0.1) is 0 Å². The maximum absolute atomic E-state index is 12.3. The van der Waals surface area contributed by atoms with Gasteiger partial charge >= 0.3 is 0 Å². The predicted octanol–water partition coefficient (Wildman–Crippen LogP) is 5.58. The van der Waals surface area contributed by atoms with Crippen LogP contribution in [-0.4, -0.2) is 24.1 Å². The minimum atomic E-state index is -0.157. The Labute approximate surface area is 196 Å². The van der Waals surface area contributed by atoms with Gasteiger partial charge in [0.25, 0.3) is 0 Å². The average molecular weight is 455 g/mol. The number of thiazole rings is 1. The van der Waals surface area contributed by atoms with Crippen LogP contribution in [0.1, 0.15) is 11.1 Å². The Bertz CT molecular complexity index is 1300.